The molecule has 7 nitrogen and oxygen atoms in total. The molecule has 5 rings (SSSR count). The number of aromatic nitrogens is 6. The van der Waals surface area contributed by atoms with E-state index in [4.69, 9.17) is 4.98 Å². The third-order valence-corrected chi connectivity index (χ3v) is 5.91. The summed E-state index contributed by atoms with van der Waals surface area (Å²) in [6.45, 7) is 2.60. The Kier molecular flexibility index (Phi) is 4.72. The Bertz CT molecular complexity index is 931. The summed E-state index contributed by atoms with van der Waals surface area (Å²) in [7, 11) is 0. The van der Waals surface area contributed by atoms with Gasteiger partial charge in [0.2, 0.25) is 5.95 Å². The van der Waals surface area contributed by atoms with Crippen molar-refractivity contribution in [3.05, 3.63) is 59.7 Å². The lowest BCUT2D eigenvalue weighted by molar-refractivity contribution is 0.645. The Morgan fingerprint density at radius 3 is 2.79 bits per heavy atom. The van der Waals surface area contributed by atoms with E-state index in [-0.39, 0.29) is 0 Å². The van der Waals surface area contributed by atoms with E-state index in [0.717, 1.165) is 55.6 Å². The quantitative estimate of drug-likeness (QED) is 0.698. The van der Waals surface area contributed by atoms with Gasteiger partial charge in [0.05, 0.1) is 0 Å². The molecule has 0 radical (unpaired) electrons. The van der Waals surface area contributed by atoms with Gasteiger partial charge in [-0.05, 0) is 30.5 Å². The SMILES string of the molecule is c1cncc(Cc2nnc3n2CCN(c2nccc(C4CCCC4)n2)CC3)c1. The summed E-state index contributed by atoms with van der Waals surface area (Å²) in [6, 6.07) is 6.14. The molecule has 0 spiro atoms. The molecule has 0 bridgehead atoms. The summed E-state index contributed by atoms with van der Waals surface area (Å²) in [5.41, 5.74) is 2.37. The van der Waals surface area contributed by atoms with Crippen LogP contribution in [0.1, 0.15) is 54.5 Å². The van der Waals surface area contributed by atoms with Gasteiger partial charge >= 0.3 is 0 Å². The van der Waals surface area contributed by atoms with Crippen LogP contribution in [0.15, 0.2) is 36.8 Å². The van der Waals surface area contributed by atoms with Crippen molar-refractivity contribution in [1.82, 2.24) is 29.7 Å². The fourth-order valence-electron chi connectivity index (χ4n) is 4.36. The van der Waals surface area contributed by atoms with E-state index in [1.54, 1.807) is 6.20 Å². The van der Waals surface area contributed by atoms with Crippen molar-refractivity contribution in [3.63, 3.8) is 0 Å². The first-order valence-corrected chi connectivity index (χ1v) is 10.2. The Balaban J connectivity index is 1.32. The normalized spacial score (nSPS) is 17.5. The van der Waals surface area contributed by atoms with Crippen molar-refractivity contribution in [2.24, 2.45) is 0 Å². The molecule has 2 aliphatic rings. The summed E-state index contributed by atoms with van der Waals surface area (Å²) in [4.78, 5) is 16.0. The van der Waals surface area contributed by atoms with Gasteiger partial charge in [0, 0.05) is 62.7 Å². The van der Waals surface area contributed by atoms with E-state index in [1.165, 1.54) is 31.4 Å². The lowest BCUT2D eigenvalue weighted by Crippen LogP contribution is -2.29. The van der Waals surface area contributed by atoms with Crippen LogP contribution in [0.2, 0.25) is 0 Å². The van der Waals surface area contributed by atoms with Crippen molar-refractivity contribution in [2.45, 2.75) is 51.0 Å². The van der Waals surface area contributed by atoms with E-state index in [1.807, 2.05) is 18.5 Å². The summed E-state index contributed by atoms with van der Waals surface area (Å²) >= 11 is 0. The molecule has 7 heteroatoms. The second-order valence-electron chi connectivity index (χ2n) is 7.72. The maximum Gasteiger partial charge on any atom is 0.225 e. The predicted octanol–water partition coefficient (Wildman–Crippen LogP) is 2.77. The van der Waals surface area contributed by atoms with Crippen molar-refractivity contribution >= 4 is 5.95 Å². The highest BCUT2D eigenvalue weighted by Gasteiger charge is 2.23. The highest BCUT2D eigenvalue weighted by atomic mass is 15.3. The van der Waals surface area contributed by atoms with Gasteiger partial charge in [-0.1, -0.05) is 18.9 Å². The minimum Gasteiger partial charge on any atom is -0.339 e. The number of fused-ring (bicyclic) bond motifs is 1. The van der Waals surface area contributed by atoms with Crippen LogP contribution in [-0.2, 0) is 19.4 Å². The molecular weight excluding hydrogens is 350 g/mol. The minimum atomic E-state index is 0.611. The molecule has 3 aromatic rings. The van der Waals surface area contributed by atoms with Gasteiger partial charge < -0.3 is 9.47 Å². The first-order chi connectivity index (χ1) is 13.9. The molecule has 0 saturated heterocycles. The Hall–Kier alpha value is -2.83. The van der Waals surface area contributed by atoms with Crippen LogP contribution in [0, 0.1) is 0 Å². The molecule has 3 aromatic heterocycles. The van der Waals surface area contributed by atoms with Crippen molar-refractivity contribution in [2.75, 3.05) is 18.0 Å². The molecule has 1 aliphatic carbocycles. The zero-order valence-electron chi connectivity index (χ0n) is 16.0. The van der Waals surface area contributed by atoms with E-state index in [0.29, 0.717) is 5.92 Å². The van der Waals surface area contributed by atoms with Crippen LogP contribution in [-0.4, -0.2) is 42.8 Å². The molecule has 144 valence electrons. The van der Waals surface area contributed by atoms with E-state index >= 15 is 0 Å². The zero-order chi connectivity index (χ0) is 18.8. The van der Waals surface area contributed by atoms with Gasteiger partial charge in [-0.2, -0.15) is 0 Å². The second kappa shape index (κ2) is 7.66. The van der Waals surface area contributed by atoms with Crippen LogP contribution in [0.3, 0.4) is 0 Å². The third-order valence-electron chi connectivity index (χ3n) is 5.91. The predicted molar refractivity (Wildman–Crippen MR) is 106 cm³/mol. The summed E-state index contributed by atoms with van der Waals surface area (Å²) in [5, 5.41) is 8.88. The van der Waals surface area contributed by atoms with Gasteiger partial charge in [-0.15, -0.1) is 10.2 Å². The first kappa shape index (κ1) is 17.3. The highest BCUT2D eigenvalue weighted by molar-refractivity contribution is 5.32. The molecule has 28 heavy (non-hydrogen) atoms. The van der Waals surface area contributed by atoms with E-state index < -0.39 is 0 Å². The number of anilines is 1. The van der Waals surface area contributed by atoms with E-state index in [9.17, 15) is 0 Å². The monoisotopic (exact) mass is 375 g/mol. The largest absolute Gasteiger partial charge is 0.339 e. The summed E-state index contributed by atoms with van der Waals surface area (Å²) in [5.74, 6) is 3.52. The van der Waals surface area contributed by atoms with Crippen LogP contribution < -0.4 is 4.90 Å². The second-order valence-corrected chi connectivity index (χ2v) is 7.72. The molecule has 0 amide bonds. The number of rotatable bonds is 4. The Morgan fingerprint density at radius 2 is 1.93 bits per heavy atom. The molecule has 1 fully saturated rings. The number of pyridine rings is 1. The fourth-order valence-corrected chi connectivity index (χ4v) is 4.36. The molecule has 1 aliphatic heterocycles. The van der Waals surface area contributed by atoms with E-state index in [2.05, 4.69) is 41.8 Å². The molecule has 0 unspecified atom stereocenters. The van der Waals surface area contributed by atoms with Gasteiger partial charge in [-0.3, -0.25) is 4.98 Å². The van der Waals surface area contributed by atoms with Crippen molar-refractivity contribution in [1.29, 1.82) is 0 Å². The summed E-state index contributed by atoms with van der Waals surface area (Å²) < 4.78 is 2.26. The first-order valence-electron chi connectivity index (χ1n) is 10.2. The average Bonchev–Trinajstić information content (AvgIpc) is 3.35. The maximum atomic E-state index is 4.92. The zero-order valence-corrected chi connectivity index (χ0v) is 16.0. The van der Waals surface area contributed by atoms with Gasteiger partial charge in [0.15, 0.2) is 0 Å². The number of hydrogen-bond acceptors (Lipinski definition) is 6. The lowest BCUT2D eigenvalue weighted by atomic mass is 10.0. The minimum absolute atomic E-state index is 0.611. The molecule has 0 atom stereocenters. The number of hydrogen-bond donors (Lipinski definition) is 0. The summed E-state index contributed by atoms with van der Waals surface area (Å²) in [6.07, 6.45) is 12.4. The van der Waals surface area contributed by atoms with Crippen LogP contribution >= 0.6 is 0 Å². The van der Waals surface area contributed by atoms with Crippen LogP contribution in [0.5, 0.6) is 0 Å². The molecular formula is C21H25N7. The third kappa shape index (κ3) is 3.48. The Morgan fingerprint density at radius 1 is 1.00 bits per heavy atom. The molecule has 0 aromatic carbocycles. The fraction of sp³-hybridized carbons (Fsp3) is 0.476. The van der Waals surface area contributed by atoms with Crippen LogP contribution in [0.4, 0.5) is 5.95 Å². The maximum absolute atomic E-state index is 4.92. The molecule has 1 saturated carbocycles. The standard InChI is InChI=1S/C21H25N7/c1-2-6-17(5-1)18-7-10-23-21(24-18)27-11-8-19-25-26-20(28(19)13-12-27)14-16-4-3-9-22-15-16/h3-4,7,9-10,15,17H,1-2,5-6,8,11-14H2. The molecule has 4 heterocycles. The molecule has 0 N–H and O–H groups in total. The number of nitrogens with zero attached hydrogens (tertiary/aromatic N) is 7. The van der Waals surface area contributed by atoms with Gasteiger partial charge in [0.1, 0.15) is 11.6 Å². The lowest BCUT2D eigenvalue weighted by Gasteiger charge is -2.21. The Labute approximate surface area is 164 Å². The van der Waals surface area contributed by atoms with Crippen molar-refractivity contribution < 1.29 is 0 Å². The highest BCUT2D eigenvalue weighted by Crippen LogP contribution is 2.33. The van der Waals surface area contributed by atoms with Crippen molar-refractivity contribution in [3.8, 4) is 0 Å². The van der Waals surface area contributed by atoms with Gasteiger partial charge in [0.25, 0.3) is 0 Å². The smallest absolute Gasteiger partial charge is 0.225 e. The topological polar surface area (TPSA) is 72.6 Å². The average molecular weight is 375 g/mol. The van der Waals surface area contributed by atoms with Gasteiger partial charge in [-0.25, -0.2) is 9.97 Å². The van der Waals surface area contributed by atoms with Crippen LogP contribution in [0.25, 0.3) is 0 Å².